The van der Waals surface area contributed by atoms with Crippen molar-refractivity contribution < 1.29 is 13.2 Å². The Morgan fingerprint density at radius 1 is 1.50 bits per heavy atom. The molecule has 0 bridgehead atoms. The monoisotopic (exact) mass is 248 g/mol. The number of carbonyl (C=O) groups excluding carboxylic acids is 1. The number of hydrogen-bond acceptors (Lipinski definition) is 4. The van der Waals surface area contributed by atoms with Gasteiger partial charge < -0.3 is 10.6 Å². The lowest BCUT2D eigenvalue weighted by Crippen LogP contribution is -2.27. The Hall–Kier alpha value is -0.620. The molecule has 1 saturated heterocycles. The van der Waals surface area contributed by atoms with Crippen molar-refractivity contribution in [3.05, 3.63) is 0 Å². The van der Waals surface area contributed by atoms with Crippen molar-refractivity contribution in [3.8, 4) is 0 Å². The molecule has 0 saturated carbocycles. The first kappa shape index (κ1) is 13.4. The van der Waals surface area contributed by atoms with Gasteiger partial charge in [0.1, 0.15) is 9.84 Å². The number of carbonyl (C=O) groups is 1. The number of hydrogen-bond donors (Lipinski definition) is 2. The Morgan fingerprint density at radius 3 is 2.81 bits per heavy atom. The molecule has 1 heterocycles. The number of amides is 1. The second-order valence-corrected chi connectivity index (χ2v) is 6.64. The number of rotatable bonds is 6. The molecule has 1 atom stereocenters. The van der Waals surface area contributed by atoms with Crippen LogP contribution in [-0.4, -0.2) is 46.0 Å². The Kier molecular flexibility index (Phi) is 5.21. The molecule has 16 heavy (non-hydrogen) atoms. The number of nitrogens with one attached hydrogen (secondary N) is 2. The smallest absolute Gasteiger partial charge is 0.221 e. The largest absolute Gasteiger partial charge is 0.356 e. The van der Waals surface area contributed by atoms with Gasteiger partial charge in [0.05, 0.1) is 5.75 Å². The SMILES string of the molecule is CS(=O)(=O)CCC(=O)NCCC1CCNC1. The van der Waals surface area contributed by atoms with Crippen LogP contribution in [0.1, 0.15) is 19.3 Å². The molecule has 0 aromatic rings. The van der Waals surface area contributed by atoms with E-state index in [2.05, 4.69) is 10.6 Å². The molecular weight excluding hydrogens is 228 g/mol. The average Bonchev–Trinajstić information content (AvgIpc) is 2.66. The maximum Gasteiger partial charge on any atom is 0.221 e. The van der Waals surface area contributed by atoms with Gasteiger partial charge in [-0.05, 0) is 31.8 Å². The van der Waals surface area contributed by atoms with Crippen LogP contribution in [0.3, 0.4) is 0 Å². The summed E-state index contributed by atoms with van der Waals surface area (Å²) in [5.41, 5.74) is 0. The first-order chi connectivity index (χ1) is 7.47. The lowest BCUT2D eigenvalue weighted by atomic mass is 10.1. The van der Waals surface area contributed by atoms with E-state index < -0.39 is 9.84 Å². The van der Waals surface area contributed by atoms with E-state index in [1.54, 1.807) is 0 Å². The van der Waals surface area contributed by atoms with Crippen LogP contribution in [0.2, 0.25) is 0 Å². The minimum Gasteiger partial charge on any atom is -0.356 e. The molecule has 94 valence electrons. The van der Waals surface area contributed by atoms with Crippen LogP contribution in [-0.2, 0) is 14.6 Å². The first-order valence-corrected chi connectivity index (χ1v) is 7.68. The van der Waals surface area contributed by atoms with Gasteiger partial charge in [-0.15, -0.1) is 0 Å². The van der Waals surface area contributed by atoms with Gasteiger partial charge >= 0.3 is 0 Å². The fourth-order valence-corrected chi connectivity index (χ4v) is 2.30. The Labute approximate surface area is 96.9 Å². The second kappa shape index (κ2) is 6.20. The van der Waals surface area contributed by atoms with Crippen LogP contribution < -0.4 is 10.6 Å². The molecule has 0 aromatic heterocycles. The van der Waals surface area contributed by atoms with Gasteiger partial charge in [-0.2, -0.15) is 0 Å². The Balaban J connectivity index is 2.06. The van der Waals surface area contributed by atoms with E-state index >= 15 is 0 Å². The van der Waals surface area contributed by atoms with Crippen molar-refractivity contribution in [2.75, 3.05) is 31.6 Å². The van der Waals surface area contributed by atoms with Crippen molar-refractivity contribution in [2.45, 2.75) is 19.3 Å². The third kappa shape index (κ3) is 6.07. The molecule has 1 fully saturated rings. The molecule has 0 aliphatic carbocycles. The lowest BCUT2D eigenvalue weighted by Gasteiger charge is -2.08. The highest BCUT2D eigenvalue weighted by Gasteiger charge is 2.14. The lowest BCUT2D eigenvalue weighted by molar-refractivity contribution is -0.120. The van der Waals surface area contributed by atoms with E-state index in [1.807, 2.05) is 0 Å². The highest BCUT2D eigenvalue weighted by Crippen LogP contribution is 2.10. The zero-order valence-electron chi connectivity index (χ0n) is 9.66. The fraction of sp³-hybridized carbons (Fsp3) is 0.900. The molecule has 6 heteroatoms. The Morgan fingerprint density at radius 2 is 2.25 bits per heavy atom. The van der Waals surface area contributed by atoms with Crippen LogP contribution in [0.4, 0.5) is 0 Å². The van der Waals surface area contributed by atoms with Crippen molar-refractivity contribution in [1.82, 2.24) is 10.6 Å². The normalized spacial score (nSPS) is 20.9. The fourth-order valence-electron chi connectivity index (χ4n) is 1.74. The third-order valence-corrected chi connectivity index (χ3v) is 3.68. The molecule has 5 nitrogen and oxygen atoms in total. The predicted octanol–water partition coefficient (Wildman–Crippen LogP) is -0.463. The topological polar surface area (TPSA) is 75.3 Å². The van der Waals surface area contributed by atoms with Crippen LogP contribution in [0, 0.1) is 5.92 Å². The molecule has 1 unspecified atom stereocenters. The summed E-state index contributed by atoms with van der Waals surface area (Å²) in [5, 5.41) is 6.01. The Bertz CT molecular complexity index is 321. The van der Waals surface area contributed by atoms with E-state index in [0.29, 0.717) is 12.5 Å². The van der Waals surface area contributed by atoms with Gasteiger partial charge in [0, 0.05) is 19.2 Å². The van der Waals surface area contributed by atoms with Gasteiger partial charge in [-0.25, -0.2) is 8.42 Å². The van der Waals surface area contributed by atoms with Gasteiger partial charge in [-0.3, -0.25) is 4.79 Å². The van der Waals surface area contributed by atoms with E-state index in [9.17, 15) is 13.2 Å². The van der Waals surface area contributed by atoms with E-state index in [4.69, 9.17) is 0 Å². The summed E-state index contributed by atoms with van der Waals surface area (Å²) in [6.07, 6.45) is 3.35. The summed E-state index contributed by atoms with van der Waals surface area (Å²) in [4.78, 5) is 11.3. The quantitative estimate of drug-likeness (QED) is 0.667. The van der Waals surface area contributed by atoms with E-state index in [1.165, 1.54) is 6.42 Å². The van der Waals surface area contributed by atoms with Crippen molar-refractivity contribution in [1.29, 1.82) is 0 Å². The van der Waals surface area contributed by atoms with E-state index in [-0.39, 0.29) is 18.1 Å². The molecule has 0 radical (unpaired) electrons. The zero-order valence-corrected chi connectivity index (χ0v) is 10.5. The van der Waals surface area contributed by atoms with Crippen LogP contribution in [0.15, 0.2) is 0 Å². The van der Waals surface area contributed by atoms with Crippen molar-refractivity contribution in [3.63, 3.8) is 0 Å². The standard InChI is InChI=1S/C10H20N2O3S/c1-16(14,15)7-4-10(13)12-6-3-9-2-5-11-8-9/h9,11H,2-8H2,1H3,(H,12,13). The van der Waals surface area contributed by atoms with Crippen molar-refractivity contribution >= 4 is 15.7 Å². The molecule has 1 amide bonds. The number of sulfone groups is 1. The predicted molar refractivity (Wildman–Crippen MR) is 62.9 cm³/mol. The summed E-state index contributed by atoms with van der Waals surface area (Å²) < 4.78 is 21.7. The molecule has 1 aliphatic rings. The maximum atomic E-state index is 11.3. The third-order valence-electron chi connectivity index (χ3n) is 2.74. The van der Waals surface area contributed by atoms with Gasteiger partial charge in [0.15, 0.2) is 0 Å². The van der Waals surface area contributed by atoms with Crippen LogP contribution in [0.5, 0.6) is 0 Å². The first-order valence-electron chi connectivity index (χ1n) is 5.62. The van der Waals surface area contributed by atoms with Crippen LogP contribution >= 0.6 is 0 Å². The molecule has 1 aliphatic heterocycles. The highest BCUT2D eigenvalue weighted by atomic mass is 32.2. The second-order valence-electron chi connectivity index (χ2n) is 4.38. The maximum absolute atomic E-state index is 11.3. The summed E-state index contributed by atoms with van der Waals surface area (Å²) in [6, 6.07) is 0. The molecule has 1 rings (SSSR count). The summed E-state index contributed by atoms with van der Waals surface area (Å²) >= 11 is 0. The van der Waals surface area contributed by atoms with Gasteiger partial charge in [-0.1, -0.05) is 0 Å². The molecule has 2 N–H and O–H groups in total. The molecule has 0 spiro atoms. The summed E-state index contributed by atoms with van der Waals surface area (Å²) in [5.74, 6) is 0.413. The summed E-state index contributed by atoms with van der Waals surface area (Å²) in [6.45, 7) is 2.74. The average molecular weight is 248 g/mol. The minimum atomic E-state index is -3.03. The van der Waals surface area contributed by atoms with Crippen LogP contribution in [0.25, 0.3) is 0 Å². The van der Waals surface area contributed by atoms with Crippen molar-refractivity contribution in [2.24, 2.45) is 5.92 Å². The molecule has 0 aromatic carbocycles. The van der Waals surface area contributed by atoms with E-state index in [0.717, 1.165) is 25.8 Å². The zero-order chi connectivity index (χ0) is 12.0. The minimum absolute atomic E-state index is 0.0657. The highest BCUT2D eigenvalue weighted by molar-refractivity contribution is 7.90. The van der Waals surface area contributed by atoms with Gasteiger partial charge in [0.25, 0.3) is 0 Å². The molecular formula is C10H20N2O3S. The van der Waals surface area contributed by atoms with Gasteiger partial charge in [0.2, 0.25) is 5.91 Å². The summed E-state index contributed by atoms with van der Waals surface area (Å²) in [7, 11) is -3.03.